The van der Waals surface area contributed by atoms with E-state index >= 15 is 0 Å². The summed E-state index contributed by atoms with van der Waals surface area (Å²) in [6.07, 6.45) is 3.42. The molecule has 4 heteroatoms. The van der Waals surface area contributed by atoms with Gasteiger partial charge in [-0.05, 0) is 34.2 Å². The molecule has 1 aromatic heterocycles. The average Bonchev–Trinajstić information content (AvgIpc) is 3.13. The zero-order valence-electron chi connectivity index (χ0n) is 11.1. The molecule has 0 bridgehead atoms. The highest BCUT2D eigenvalue weighted by Crippen LogP contribution is 2.16. The molecule has 1 aliphatic rings. The Labute approximate surface area is 122 Å². The van der Waals surface area contributed by atoms with Gasteiger partial charge >= 0.3 is 0 Å². The van der Waals surface area contributed by atoms with Crippen molar-refractivity contribution in [2.75, 3.05) is 0 Å². The number of nitrogens with one attached hydrogen (secondary N) is 2. The predicted molar refractivity (Wildman–Crippen MR) is 82.2 cm³/mol. The molecule has 0 fully saturated rings. The summed E-state index contributed by atoms with van der Waals surface area (Å²) in [6, 6.07) is 10.3. The minimum atomic E-state index is -0.0583. The number of benzene rings is 1. The van der Waals surface area contributed by atoms with Crippen molar-refractivity contribution in [3.8, 4) is 0 Å². The number of carbonyl (C=O) groups is 1. The molecule has 1 aromatic carbocycles. The zero-order valence-corrected chi connectivity index (χ0v) is 11.9. The van der Waals surface area contributed by atoms with Crippen molar-refractivity contribution in [1.29, 1.82) is 0 Å². The van der Waals surface area contributed by atoms with E-state index in [0.29, 0.717) is 6.54 Å². The minimum absolute atomic E-state index is 0.0583. The van der Waals surface area contributed by atoms with E-state index in [1.165, 1.54) is 11.1 Å². The molecule has 0 atom stereocenters. The summed E-state index contributed by atoms with van der Waals surface area (Å²) in [5.41, 5.74) is 3.84. The number of rotatable bonds is 4. The monoisotopic (exact) mass is 284 g/mol. The van der Waals surface area contributed by atoms with Crippen LogP contribution in [0.5, 0.6) is 0 Å². The SMILES string of the molecule is O=C(/C=C/c1cccs1)NCc1ccc2c(c1)CNC2. The Bertz CT molecular complexity index is 632. The predicted octanol–water partition coefficient (Wildman–Crippen LogP) is 2.68. The van der Waals surface area contributed by atoms with E-state index in [-0.39, 0.29) is 5.91 Å². The molecular weight excluding hydrogens is 268 g/mol. The van der Waals surface area contributed by atoms with Gasteiger partial charge in [0, 0.05) is 30.6 Å². The number of thiophene rings is 1. The maximum Gasteiger partial charge on any atom is 0.244 e. The maximum absolute atomic E-state index is 11.7. The van der Waals surface area contributed by atoms with Crippen molar-refractivity contribution in [1.82, 2.24) is 10.6 Å². The zero-order chi connectivity index (χ0) is 13.8. The first-order chi connectivity index (χ1) is 9.81. The van der Waals surface area contributed by atoms with E-state index in [0.717, 1.165) is 23.5 Å². The van der Waals surface area contributed by atoms with Gasteiger partial charge in [0.2, 0.25) is 5.91 Å². The van der Waals surface area contributed by atoms with Crippen LogP contribution in [-0.4, -0.2) is 5.91 Å². The lowest BCUT2D eigenvalue weighted by Gasteiger charge is -2.05. The normalized spacial score (nSPS) is 13.6. The van der Waals surface area contributed by atoms with E-state index in [2.05, 4.69) is 28.8 Å². The minimum Gasteiger partial charge on any atom is -0.348 e. The highest BCUT2D eigenvalue weighted by molar-refractivity contribution is 7.10. The highest BCUT2D eigenvalue weighted by Gasteiger charge is 2.09. The molecule has 0 saturated heterocycles. The summed E-state index contributed by atoms with van der Waals surface area (Å²) in [4.78, 5) is 12.8. The number of amides is 1. The van der Waals surface area contributed by atoms with Gasteiger partial charge in [0.1, 0.15) is 0 Å². The molecule has 0 aliphatic carbocycles. The maximum atomic E-state index is 11.7. The van der Waals surface area contributed by atoms with Crippen molar-refractivity contribution in [2.45, 2.75) is 19.6 Å². The van der Waals surface area contributed by atoms with Crippen LogP contribution < -0.4 is 10.6 Å². The molecule has 1 amide bonds. The van der Waals surface area contributed by atoms with Crippen molar-refractivity contribution >= 4 is 23.3 Å². The van der Waals surface area contributed by atoms with Crippen molar-refractivity contribution in [3.63, 3.8) is 0 Å². The van der Waals surface area contributed by atoms with E-state index in [1.807, 2.05) is 23.6 Å². The molecule has 0 saturated carbocycles. The second-order valence-electron chi connectivity index (χ2n) is 4.77. The lowest BCUT2D eigenvalue weighted by molar-refractivity contribution is -0.116. The van der Waals surface area contributed by atoms with Crippen LogP contribution >= 0.6 is 11.3 Å². The number of carbonyl (C=O) groups excluding carboxylic acids is 1. The van der Waals surface area contributed by atoms with Gasteiger partial charge < -0.3 is 10.6 Å². The van der Waals surface area contributed by atoms with Crippen molar-refractivity contribution in [2.24, 2.45) is 0 Å². The molecule has 0 unspecified atom stereocenters. The third kappa shape index (κ3) is 3.15. The Kier molecular flexibility index (Phi) is 3.95. The van der Waals surface area contributed by atoms with E-state index < -0.39 is 0 Å². The fraction of sp³-hybridized carbons (Fsp3) is 0.188. The van der Waals surface area contributed by atoms with Gasteiger partial charge in [0.05, 0.1) is 0 Å². The Balaban J connectivity index is 1.55. The summed E-state index contributed by atoms with van der Waals surface area (Å²) >= 11 is 1.62. The van der Waals surface area contributed by atoms with Crippen LogP contribution in [0, 0.1) is 0 Å². The van der Waals surface area contributed by atoms with E-state index in [1.54, 1.807) is 17.4 Å². The lowest BCUT2D eigenvalue weighted by Crippen LogP contribution is -2.20. The largest absolute Gasteiger partial charge is 0.348 e. The van der Waals surface area contributed by atoms with Crippen molar-refractivity contribution < 1.29 is 4.79 Å². The summed E-state index contributed by atoms with van der Waals surface area (Å²) < 4.78 is 0. The quantitative estimate of drug-likeness (QED) is 0.848. The average molecular weight is 284 g/mol. The smallest absolute Gasteiger partial charge is 0.244 e. The second-order valence-corrected chi connectivity index (χ2v) is 5.75. The first-order valence-corrected chi connectivity index (χ1v) is 7.50. The van der Waals surface area contributed by atoms with Crippen LogP contribution in [-0.2, 0) is 24.4 Å². The van der Waals surface area contributed by atoms with Crippen LogP contribution in [0.2, 0.25) is 0 Å². The molecule has 2 N–H and O–H groups in total. The second kappa shape index (κ2) is 6.03. The fourth-order valence-corrected chi connectivity index (χ4v) is 2.87. The molecule has 1 aliphatic heterocycles. The standard InChI is InChI=1S/C16H16N2OS/c19-16(6-5-15-2-1-7-20-15)18-9-12-3-4-13-10-17-11-14(13)8-12/h1-8,17H,9-11H2,(H,18,19)/b6-5+. The summed E-state index contributed by atoms with van der Waals surface area (Å²) in [5, 5.41) is 8.23. The third-order valence-corrected chi connectivity index (χ3v) is 4.15. The van der Waals surface area contributed by atoms with Gasteiger partial charge in [0.25, 0.3) is 0 Å². The first kappa shape index (κ1) is 13.1. The topological polar surface area (TPSA) is 41.1 Å². The molecule has 2 heterocycles. The van der Waals surface area contributed by atoms with Crippen LogP contribution in [0.4, 0.5) is 0 Å². The number of hydrogen-bond acceptors (Lipinski definition) is 3. The Morgan fingerprint density at radius 3 is 3.05 bits per heavy atom. The number of hydrogen-bond donors (Lipinski definition) is 2. The molecule has 2 aromatic rings. The van der Waals surface area contributed by atoms with Crippen LogP contribution in [0.3, 0.4) is 0 Å². The van der Waals surface area contributed by atoms with Gasteiger partial charge in [-0.3, -0.25) is 4.79 Å². The Hall–Kier alpha value is -1.91. The van der Waals surface area contributed by atoms with Gasteiger partial charge in [-0.25, -0.2) is 0 Å². The summed E-state index contributed by atoms with van der Waals surface area (Å²) in [6.45, 7) is 2.45. The molecular formula is C16H16N2OS. The molecule has 20 heavy (non-hydrogen) atoms. The van der Waals surface area contributed by atoms with Crippen LogP contribution in [0.15, 0.2) is 41.8 Å². The molecule has 0 radical (unpaired) electrons. The lowest BCUT2D eigenvalue weighted by atomic mass is 10.1. The van der Waals surface area contributed by atoms with Gasteiger partial charge in [-0.1, -0.05) is 24.3 Å². The fourth-order valence-electron chi connectivity index (χ4n) is 2.25. The molecule has 3 rings (SSSR count). The molecule has 3 nitrogen and oxygen atoms in total. The van der Waals surface area contributed by atoms with Gasteiger partial charge in [-0.15, -0.1) is 11.3 Å². The van der Waals surface area contributed by atoms with Crippen LogP contribution in [0.25, 0.3) is 6.08 Å². The highest BCUT2D eigenvalue weighted by atomic mass is 32.1. The Morgan fingerprint density at radius 1 is 1.30 bits per heavy atom. The van der Waals surface area contributed by atoms with E-state index in [9.17, 15) is 4.79 Å². The third-order valence-electron chi connectivity index (χ3n) is 3.31. The summed E-state index contributed by atoms with van der Waals surface area (Å²) in [7, 11) is 0. The van der Waals surface area contributed by atoms with E-state index in [4.69, 9.17) is 0 Å². The molecule has 0 spiro atoms. The van der Waals surface area contributed by atoms with Crippen molar-refractivity contribution in [3.05, 3.63) is 63.4 Å². The summed E-state index contributed by atoms with van der Waals surface area (Å²) in [5.74, 6) is -0.0583. The first-order valence-electron chi connectivity index (χ1n) is 6.62. The number of fused-ring (bicyclic) bond motifs is 1. The molecule has 102 valence electrons. The van der Waals surface area contributed by atoms with Gasteiger partial charge in [-0.2, -0.15) is 0 Å². The van der Waals surface area contributed by atoms with Gasteiger partial charge in [0.15, 0.2) is 0 Å². The van der Waals surface area contributed by atoms with Crippen LogP contribution in [0.1, 0.15) is 21.6 Å². The Morgan fingerprint density at radius 2 is 2.20 bits per heavy atom.